The molecule has 0 aliphatic heterocycles. The Hall–Kier alpha value is -0.240. The second-order valence-electron chi connectivity index (χ2n) is 5.37. The third-order valence-electron chi connectivity index (χ3n) is 2.96. The van der Waals surface area contributed by atoms with Crippen molar-refractivity contribution in [3.8, 4) is 0 Å². The van der Waals surface area contributed by atoms with Crippen LogP contribution in [0.2, 0.25) is 10.0 Å². The van der Waals surface area contributed by atoms with Crippen LogP contribution in [0.3, 0.4) is 0 Å². The summed E-state index contributed by atoms with van der Waals surface area (Å²) in [4.78, 5) is 0. The van der Waals surface area contributed by atoms with Crippen LogP contribution in [0.4, 0.5) is 0 Å². The zero-order valence-corrected chi connectivity index (χ0v) is 12.5. The fraction of sp³-hybridized carbons (Fsp3) is 0.571. The minimum atomic E-state index is 0.0316. The van der Waals surface area contributed by atoms with Crippen molar-refractivity contribution >= 4 is 23.2 Å². The maximum Gasteiger partial charge on any atom is 0.0444 e. The average molecular weight is 274 g/mol. The molecule has 0 atom stereocenters. The van der Waals surface area contributed by atoms with Crippen molar-refractivity contribution in [2.45, 2.75) is 45.6 Å². The molecule has 0 spiro atoms. The van der Waals surface area contributed by atoms with Crippen LogP contribution in [-0.2, 0) is 5.41 Å². The van der Waals surface area contributed by atoms with E-state index in [9.17, 15) is 0 Å². The Morgan fingerprint density at radius 1 is 1.24 bits per heavy atom. The lowest BCUT2D eigenvalue weighted by Gasteiger charge is -2.27. The highest BCUT2D eigenvalue weighted by Crippen LogP contribution is 2.34. The van der Waals surface area contributed by atoms with Crippen molar-refractivity contribution in [2.24, 2.45) is 0 Å². The summed E-state index contributed by atoms with van der Waals surface area (Å²) in [6.45, 7) is 9.69. The quantitative estimate of drug-likeness (QED) is 0.823. The zero-order chi connectivity index (χ0) is 13.1. The van der Waals surface area contributed by atoms with E-state index in [1.165, 1.54) is 0 Å². The number of hydrogen-bond acceptors (Lipinski definition) is 1. The standard InChI is InChI=1S/C14H21Cl2N/c1-10(2)17-8-7-14(3,4)12-9-11(15)5-6-13(12)16/h5-6,9-10,17H,7-8H2,1-4H3. The van der Waals surface area contributed by atoms with E-state index in [1.54, 1.807) is 0 Å². The fourth-order valence-electron chi connectivity index (χ4n) is 1.82. The molecule has 1 rings (SSSR count). The van der Waals surface area contributed by atoms with E-state index in [2.05, 4.69) is 33.0 Å². The molecule has 0 aliphatic carbocycles. The number of hydrogen-bond donors (Lipinski definition) is 1. The van der Waals surface area contributed by atoms with Crippen LogP contribution >= 0.6 is 23.2 Å². The van der Waals surface area contributed by atoms with E-state index in [0.29, 0.717) is 6.04 Å². The Bertz CT molecular complexity index is 372. The van der Waals surface area contributed by atoms with Crippen molar-refractivity contribution in [2.75, 3.05) is 6.54 Å². The molecule has 1 aromatic carbocycles. The van der Waals surface area contributed by atoms with E-state index < -0.39 is 0 Å². The zero-order valence-electron chi connectivity index (χ0n) is 11.0. The van der Waals surface area contributed by atoms with Gasteiger partial charge in [0.1, 0.15) is 0 Å². The summed E-state index contributed by atoms with van der Waals surface area (Å²) in [5.74, 6) is 0. The SMILES string of the molecule is CC(C)NCCC(C)(C)c1cc(Cl)ccc1Cl. The molecule has 0 unspecified atom stereocenters. The second kappa shape index (κ2) is 6.08. The van der Waals surface area contributed by atoms with Gasteiger partial charge in [-0.3, -0.25) is 0 Å². The molecule has 0 fully saturated rings. The van der Waals surface area contributed by atoms with Crippen LogP contribution < -0.4 is 5.32 Å². The van der Waals surface area contributed by atoms with Crippen molar-refractivity contribution in [3.05, 3.63) is 33.8 Å². The largest absolute Gasteiger partial charge is 0.315 e. The third-order valence-corrected chi connectivity index (χ3v) is 3.52. The van der Waals surface area contributed by atoms with E-state index in [0.717, 1.165) is 28.6 Å². The molecule has 0 aliphatic rings. The summed E-state index contributed by atoms with van der Waals surface area (Å²) in [7, 11) is 0. The van der Waals surface area contributed by atoms with Gasteiger partial charge in [0.05, 0.1) is 0 Å². The van der Waals surface area contributed by atoms with E-state index in [4.69, 9.17) is 23.2 Å². The van der Waals surface area contributed by atoms with Crippen molar-refractivity contribution in [1.82, 2.24) is 5.32 Å². The molecule has 17 heavy (non-hydrogen) atoms. The minimum absolute atomic E-state index is 0.0316. The lowest BCUT2D eigenvalue weighted by molar-refractivity contribution is 0.441. The molecule has 0 heterocycles. The second-order valence-corrected chi connectivity index (χ2v) is 6.21. The van der Waals surface area contributed by atoms with Crippen LogP contribution in [0.25, 0.3) is 0 Å². The Morgan fingerprint density at radius 2 is 1.88 bits per heavy atom. The molecular weight excluding hydrogens is 253 g/mol. The lowest BCUT2D eigenvalue weighted by Crippen LogP contribution is -2.29. The number of rotatable bonds is 5. The molecule has 0 bridgehead atoms. The van der Waals surface area contributed by atoms with Gasteiger partial charge < -0.3 is 5.32 Å². The molecule has 1 nitrogen and oxygen atoms in total. The molecule has 1 N–H and O–H groups in total. The van der Waals surface area contributed by atoms with E-state index in [-0.39, 0.29) is 5.41 Å². The molecule has 0 saturated heterocycles. The van der Waals surface area contributed by atoms with Gasteiger partial charge in [-0.1, -0.05) is 50.9 Å². The van der Waals surface area contributed by atoms with Gasteiger partial charge in [-0.05, 0) is 42.1 Å². The topological polar surface area (TPSA) is 12.0 Å². The van der Waals surface area contributed by atoms with Crippen LogP contribution in [0.5, 0.6) is 0 Å². The predicted octanol–water partition coefficient (Wildman–Crippen LogP) is 4.66. The smallest absolute Gasteiger partial charge is 0.0444 e. The Morgan fingerprint density at radius 3 is 2.47 bits per heavy atom. The Labute approximate surface area is 115 Å². The summed E-state index contributed by atoms with van der Waals surface area (Å²) in [6, 6.07) is 6.19. The summed E-state index contributed by atoms with van der Waals surface area (Å²) >= 11 is 12.3. The summed E-state index contributed by atoms with van der Waals surface area (Å²) in [5.41, 5.74) is 1.15. The van der Waals surface area contributed by atoms with E-state index >= 15 is 0 Å². The van der Waals surface area contributed by atoms with E-state index in [1.807, 2.05) is 18.2 Å². The maximum absolute atomic E-state index is 6.24. The van der Waals surface area contributed by atoms with Crippen LogP contribution in [0.1, 0.15) is 39.7 Å². The molecule has 96 valence electrons. The molecule has 0 aromatic heterocycles. The lowest BCUT2D eigenvalue weighted by atomic mass is 9.81. The molecule has 0 amide bonds. The number of halogens is 2. The van der Waals surface area contributed by atoms with Gasteiger partial charge in [0.2, 0.25) is 0 Å². The van der Waals surface area contributed by atoms with Gasteiger partial charge in [0.25, 0.3) is 0 Å². The van der Waals surface area contributed by atoms with Gasteiger partial charge in [-0.25, -0.2) is 0 Å². The molecule has 3 heteroatoms. The first kappa shape index (κ1) is 14.8. The highest BCUT2D eigenvalue weighted by molar-refractivity contribution is 6.33. The normalized spacial score (nSPS) is 12.2. The Kier molecular flexibility index (Phi) is 5.30. The summed E-state index contributed by atoms with van der Waals surface area (Å²) in [6.07, 6.45) is 1.03. The highest BCUT2D eigenvalue weighted by atomic mass is 35.5. The van der Waals surface area contributed by atoms with Crippen molar-refractivity contribution in [3.63, 3.8) is 0 Å². The molecule has 0 saturated carbocycles. The highest BCUT2D eigenvalue weighted by Gasteiger charge is 2.23. The van der Waals surface area contributed by atoms with Crippen molar-refractivity contribution in [1.29, 1.82) is 0 Å². The average Bonchev–Trinajstić information content (AvgIpc) is 2.20. The first-order valence-corrected chi connectivity index (χ1v) is 6.77. The first-order chi connectivity index (χ1) is 7.83. The molecule has 0 radical (unpaired) electrons. The third kappa shape index (κ3) is 4.50. The molecular formula is C14H21Cl2N. The van der Waals surface area contributed by atoms with Gasteiger partial charge in [0, 0.05) is 16.1 Å². The monoisotopic (exact) mass is 273 g/mol. The summed E-state index contributed by atoms with van der Waals surface area (Å²) < 4.78 is 0. The van der Waals surface area contributed by atoms with Crippen molar-refractivity contribution < 1.29 is 0 Å². The Balaban J connectivity index is 2.77. The summed E-state index contributed by atoms with van der Waals surface area (Å²) in [5, 5.41) is 4.97. The van der Waals surface area contributed by atoms with Gasteiger partial charge >= 0.3 is 0 Å². The van der Waals surface area contributed by atoms with Gasteiger partial charge in [-0.2, -0.15) is 0 Å². The van der Waals surface area contributed by atoms with Gasteiger partial charge in [0.15, 0.2) is 0 Å². The number of benzene rings is 1. The predicted molar refractivity (Wildman–Crippen MR) is 77.2 cm³/mol. The van der Waals surface area contributed by atoms with Gasteiger partial charge in [-0.15, -0.1) is 0 Å². The van der Waals surface area contributed by atoms with Crippen LogP contribution in [0.15, 0.2) is 18.2 Å². The fourth-order valence-corrected chi connectivity index (χ4v) is 2.37. The van der Waals surface area contributed by atoms with Crippen LogP contribution in [0, 0.1) is 0 Å². The maximum atomic E-state index is 6.24. The minimum Gasteiger partial charge on any atom is -0.315 e. The first-order valence-electron chi connectivity index (χ1n) is 6.02. The molecule has 1 aromatic rings. The number of nitrogens with one attached hydrogen (secondary N) is 1. The van der Waals surface area contributed by atoms with Crippen LogP contribution in [-0.4, -0.2) is 12.6 Å².